The fraction of sp³-hybridized carbons (Fsp3) is 0.867. The van der Waals surface area contributed by atoms with E-state index in [1.54, 1.807) is 0 Å². The Balaban J connectivity index is 1.67. The zero-order valence-corrected chi connectivity index (χ0v) is 14.3. The molecular weight excluding hydrogens is 302 g/mol. The summed E-state index contributed by atoms with van der Waals surface area (Å²) >= 11 is 3.97. The van der Waals surface area contributed by atoms with E-state index < -0.39 is 0 Å². The molecule has 1 aliphatic carbocycles. The van der Waals surface area contributed by atoms with Crippen LogP contribution in [0.25, 0.3) is 0 Å². The van der Waals surface area contributed by atoms with Crippen molar-refractivity contribution in [2.45, 2.75) is 56.2 Å². The minimum atomic E-state index is 0.410. The minimum Gasteiger partial charge on any atom is -0.339 e. The Morgan fingerprint density at radius 2 is 2.19 bits per heavy atom. The van der Waals surface area contributed by atoms with Crippen molar-refractivity contribution in [1.82, 2.24) is 15.5 Å². The lowest BCUT2D eigenvalue weighted by molar-refractivity contribution is 0.262. The topological polar surface area (TPSA) is 51.0 Å². The van der Waals surface area contributed by atoms with E-state index >= 15 is 0 Å². The summed E-state index contributed by atoms with van der Waals surface area (Å²) < 4.78 is 5.64. The van der Waals surface area contributed by atoms with E-state index in [9.17, 15) is 0 Å². The largest absolute Gasteiger partial charge is 0.339 e. The smallest absolute Gasteiger partial charge is 0.231 e. The second-order valence-corrected chi connectivity index (χ2v) is 8.34. The molecule has 4 nitrogen and oxygen atoms in total. The van der Waals surface area contributed by atoms with Gasteiger partial charge < -0.3 is 9.84 Å². The molecule has 2 fully saturated rings. The van der Waals surface area contributed by atoms with Gasteiger partial charge in [-0.25, -0.2) is 0 Å². The Kier molecular flexibility index (Phi) is 5.89. The van der Waals surface area contributed by atoms with Crippen LogP contribution in [0, 0.1) is 0 Å². The van der Waals surface area contributed by atoms with E-state index in [-0.39, 0.29) is 0 Å². The number of hydrogen-bond donors (Lipinski definition) is 1. The molecule has 0 radical (unpaired) electrons. The van der Waals surface area contributed by atoms with Gasteiger partial charge >= 0.3 is 0 Å². The van der Waals surface area contributed by atoms with Crippen LogP contribution in [-0.2, 0) is 0 Å². The number of thioether (sulfide) groups is 2. The van der Waals surface area contributed by atoms with Crippen LogP contribution in [0.2, 0.25) is 0 Å². The summed E-state index contributed by atoms with van der Waals surface area (Å²) in [6.45, 7) is 3.30. The standard InChI is InChI=1S/C15H25N3OS2/c1-2-7-16-12-6-4-3-5-11(12)15-17-14(18-19-15)13-10-20-8-9-21-13/h11-13,16H,2-10H2,1H3. The number of nitrogens with one attached hydrogen (secondary N) is 1. The first kappa shape index (κ1) is 15.7. The molecule has 3 unspecified atom stereocenters. The van der Waals surface area contributed by atoms with Crippen molar-refractivity contribution in [1.29, 1.82) is 0 Å². The first-order valence-electron chi connectivity index (χ1n) is 8.14. The summed E-state index contributed by atoms with van der Waals surface area (Å²) in [6, 6.07) is 0.514. The molecule has 1 aliphatic heterocycles. The highest BCUT2D eigenvalue weighted by Gasteiger charge is 2.31. The third-order valence-electron chi connectivity index (χ3n) is 4.30. The predicted octanol–water partition coefficient (Wildman–Crippen LogP) is 3.62. The fourth-order valence-corrected chi connectivity index (χ4v) is 5.76. The molecular formula is C15H25N3OS2. The van der Waals surface area contributed by atoms with Gasteiger partial charge in [0.1, 0.15) is 0 Å². The summed E-state index contributed by atoms with van der Waals surface area (Å²) in [5.41, 5.74) is 0. The maximum Gasteiger partial charge on any atom is 0.231 e. The second-order valence-electron chi connectivity index (χ2n) is 5.88. The Bertz CT molecular complexity index is 434. The summed E-state index contributed by atoms with van der Waals surface area (Å²) in [6.07, 6.45) is 6.18. The number of nitrogens with zero attached hydrogens (tertiary/aromatic N) is 2. The number of rotatable bonds is 5. The van der Waals surface area contributed by atoms with Crippen molar-refractivity contribution in [2.75, 3.05) is 23.8 Å². The van der Waals surface area contributed by atoms with Crippen molar-refractivity contribution in [3.63, 3.8) is 0 Å². The molecule has 21 heavy (non-hydrogen) atoms. The van der Waals surface area contributed by atoms with Crippen LogP contribution in [0.4, 0.5) is 0 Å². The van der Waals surface area contributed by atoms with Crippen LogP contribution in [-0.4, -0.2) is 40.0 Å². The van der Waals surface area contributed by atoms with Crippen LogP contribution in [0.1, 0.15) is 61.9 Å². The maximum atomic E-state index is 5.64. The van der Waals surface area contributed by atoms with Gasteiger partial charge in [-0.3, -0.25) is 0 Å². The molecule has 0 amide bonds. The van der Waals surface area contributed by atoms with Gasteiger partial charge in [0.2, 0.25) is 5.89 Å². The molecule has 0 spiro atoms. The monoisotopic (exact) mass is 327 g/mol. The quantitative estimate of drug-likeness (QED) is 0.891. The molecule has 1 saturated heterocycles. The van der Waals surface area contributed by atoms with E-state index in [4.69, 9.17) is 9.51 Å². The Morgan fingerprint density at radius 1 is 1.29 bits per heavy atom. The zero-order valence-electron chi connectivity index (χ0n) is 12.7. The molecule has 0 bridgehead atoms. The van der Waals surface area contributed by atoms with Crippen molar-refractivity contribution in [3.8, 4) is 0 Å². The maximum absolute atomic E-state index is 5.64. The Hall–Kier alpha value is -0.200. The SMILES string of the molecule is CCCNC1CCCCC1c1nc(C2CSCCS2)no1. The van der Waals surface area contributed by atoms with Crippen molar-refractivity contribution in [2.24, 2.45) is 0 Å². The van der Waals surface area contributed by atoms with Crippen molar-refractivity contribution >= 4 is 23.5 Å². The second kappa shape index (κ2) is 7.88. The van der Waals surface area contributed by atoms with Crippen LogP contribution >= 0.6 is 23.5 Å². The van der Waals surface area contributed by atoms with Crippen LogP contribution in [0.15, 0.2) is 4.52 Å². The molecule has 1 aromatic heterocycles. The van der Waals surface area contributed by atoms with E-state index in [0.29, 0.717) is 17.2 Å². The molecule has 0 aromatic carbocycles. The highest BCUT2D eigenvalue weighted by Crippen LogP contribution is 2.37. The van der Waals surface area contributed by atoms with Gasteiger partial charge in [-0.15, -0.1) is 11.8 Å². The summed E-state index contributed by atoms with van der Waals surface area (Å²) in [4.78, 5) is 4.76. The van der Waals surface area contributed by atoms with Crippen LogP contribution in [0.5, 0.6) is 0 Å². The molecule has 118 valence electrons. The molecule has 2 aliphatic rings. The van der Waals surface area contributed by atoms with E-state index in [1.165, 1.54) is 43.6 Å². The molecule has 2 heterocycles. The summed E-state index contributed by atoms with van der Waals surface area (Å²) in [5, 5.41) is 8.38. The lowest BCUT2D eigenvalue weighted by Gasteiger charge is -2.29. The van der Waals surface area contributed by atoms with Crippen LogP contribution < -0.4 is 5.32 Å². The summed E-state index contributed by atoms with van der Waals surface area (Å²) in [7, 11) is 0. The third kappa shape index (κ3) is 3.96. The highest BCUT2D eigenvalue weighted by atomic mass is 32.2. The van der Waals surface area contributed by atoms with Gasteiger partial charge in [-0.1, -0.05) is 24.9 Å². The highest BCUT2D eigenvalue weighted by molar-refractivity contribution is 8.06. The first-order valence-corrected chi connectivity index (χ1v) is 10.3. The fourth-order valence-electron chi connectivity index (χ4n) is 3.17. The van der Waals surface area contributed by atoms with Gasteiger partial charge in [-0.05, 0) is 25.8 Å². The normalized spacial score (nSPS) is 30.4. The molecule has 6 heteroatoms. The Morgan fingerprint density at radius 3 is 3.00 bits per heavy atom. The lowest BCUT2D eigenvalue weighted by Crippen LogP contribution is -2.37. The number of aromatic nitrogens is 2. The average Bonchev–Trinajstić information content (AvgIpc) is 3.04. The van der Waals surface area contributed by atoms with Crippen LogP contribution in [0.3, 0.4) is 0 Å². The molecule has 1 N–H and O–H groups in total. The minimum absolute atomic E-state index is 0.410. The van der Waals surface area contributed by atoms with Gasteiger partial charge in [-0.2, -0.15) is 16.7 Å². The zero-order chi connectivity index (χ0) is 14.5. The average molecular weight is 328 g/mol. The van der Waals surface area contributed by atoms with E-state index in [0.717, 1.165) is 24.0 Å². The summed E-state index contributed by atoms with van der Waals surface area (Å²) in [5.74, 6) is 5.76. The van der Waals surface area contributed by atoms with Gasteiger partial charge in [0.15, 0.2) is 5.82 Å². The Labute approximate surface area is 135 Å². The van der Waals surface area contributed by atoms with Gasteiger partial charge in [0.25, 0.3) is 0 Å². The van der Waals surface area contributed by atoms with E-state index in [2.05, 4.69) is 17.4 Å². The third-order valence-corrected chi connectivity index (χ3v) is 7.05. The van der Waals surface area contributed by atoms with Crippen molar-refractivity contribution < 1.29 is 4.52 Å². The first-order chi connectivity index (χ1) is 10.4. The molecule has 1 saturated carbocycles. The molecule has 3 rings (SSSR count). The van der Waals surface area contributed by atoms with Gasteiger partial charge in [0.05, 0.1) is 11.2 Å². The number of hydrogen-bond acceptors (Lipinski definition) is 6. The lowest BCUT2D eigenvalue weighted by atomic mass is 9.84. The molecule has 1 aromatic rings. The van der Waals surface area contributed by atoms with E-state index in [1.807, 2.05) is 23.5 Å². The predicted molar refractivity (Wildman–Crippen MR) is 90.1 cm³/mol. The van der Waals surface area contributed by atoms with Crippen molar-refractivity contribution in [3.05, 3.63) is 11.7 Å². The van der Waals surface area contributed by atoms with Gasteiger partial charge in [0, 0.05) is 23.3 Å². The molecule has 3 atom stereocenters.